The molecule has 3 heteroatoms. The Balaban J connectivity index is 1.35. The standard InChI is InChI=1S/C40H46S3/c1-2-3-4-5-6-7-8-9-10-20-31-42-40(41)43-32-33-27-29-37(30-28-33)39(36-25-18-13-19-26-36)38(34-21-14-11-15-22-34)35-23-16-12-17-24-35/h11-19,21-30H,2-10,20,31-32H2,1H3. The van der Waals surface area contributed by atoms with Crippen LogP contribution < -0.4 is 0 Å². The van der Waals surface area contributed by atoms with Gasteiger partial charge in [-0.2, -0.15) is 0 Å². The van der Waals surface area contributed by atoms with Crippen molar-refractivity contribution in [3.8, 4) is 0 Å². The van der Waals surface area contributed by atoms with E-state index < -0.39 is 0 Å². The van der Waals surface area contributed by atoms with Crippen molar-refractivity contribution >= 4 is 50.4 Å². The molecular formula is C40H46S3. The quantitative estimate of drug-likeness (QED) is 0.0653. The summed E-state index contributed by atoms with van der Waals surface area (Å²) in [5.41, 5.74) is 8.69. The van der Waals surface area contributed by atoms with Gasteiger partial charge in [0.2, 0.25) is 0 Å². The summed E-state index contributed by atoms with van der Waals surface area (Å²) in [6.07, 6.45) is 13.8. The van der Waals surface area contributed by atoms with E-state index in [2.05, 4.69) is 122 Å². The first-order valence-electron chi connectivity index (χ1n) is 16.1. The van der Waals surface area contributed by atoms with Crippen LogP contribution in [-0.4, -0.2) is 9.28 Å². The maximum absolute atomic E-state index is 5.72. The van der Waals surface area contributed by atoms with E-state index >= 15 is 0 Å². The Labute approximate surface area is 274 Å². The molecule has 224 valence electrons. The van der Waals surface area contributed by atoms with Gasteiger partial charge in [-0.25, -0.2) is 0 Å². The molecule has 0 heterocycles. The molecular weight excluding hydrogens is 577 g/mol. The molecule has 4 rings (SSSR count). The number of thioether (sulfide) groups is 2. The summed E-state index contributed by atoms with van der Waals surface area (Å²) in [7, 11) is 0. The van der Waals surface area contributed by atoms with E-state index in [0.29, 0.717) is 0 Å². The molecule has 4 aromatic carbocycles. The van der Waals surface area contributed by atoms with Crippen LogP contribution in [-0.2, 0) is 5.75 Å². The Morgan fingerprint density at radius 3 is 1.30 bits per heavy atom. The molecule has 0 nitrogen and oxygen atoms in total. The average molecular weight is 623 g/mol. The molecule has 0 bridgehead atoms. The Morgan fingerprint density at radius 1 is 0.465 bits per heavy atom. The number of hydrogen-bond donors (Lipinski definition) is 0. The molecule has 0 unspecified atom stereocenters. The summed E-state index contributed by atoms with van der Waals surface area (Å²) in [5, 5.41) is 0. The molecule has 0 atom stereocenters. The van der Waals surface area contributed by atoms with Crippen molar-refractivity contribution in [3.63, 3.8) is 0 Å². The van der Waals surface area contributed by atoms with Crippen molar-refractivity contribution in [2.24, 2.45) is 0 Å². The zero-order valence-electron chi connectivity index (χ0n) is 25.7. The van der Waals surface area contributed by atoms with E-state index in [1.165, 1.54) is 103 Å². The van der Waals surface area contributed by atoms with E-state index in [-0.39, 0.29) is 0 Å². The lowest BCUT2D eigenvalue weighted by Gasteiger charge is -2.18. The van der Waals surface area contributed by atoms with Crippen molar-refractivity contribution in [1.29, 1.82) is 0 Å². The third kappa shape index (κ3) is 11.4. The van der Waals surface area contributed by atoms with E-state index in [9.17, 15) is 0 Å². The van der Waals surface area contributed by atoms with Gasteiger partial charge >= 0.3 is 0 Å². The van der Waals surface area contributed by atoms with E-state index in [1.54, 1.807) is 11.8 Å². The van der Waals surface area contributed by atoms with Crippen LogP contribution in [0.2, 0.25) is 0 Å². The van der Waals surface area contributed by atoms with E-state index in [0.717, 1.165) is 15.0 Å². The molecule has 0 aliphatic carbocycles. The lowest BCUT2D eigenvalue weighted by molar-refractivity contribution is 0.563. The number of benzene rings is 4. The van der Waals surface area contributed by atoms with Gasteiger partial charge < -0.3 is 0 Å². The minimum absolute atomic E-state index is 0.915. The summed E-state index contributed by atoms with van der Waals surface area (Å²) in [6, 6.07) is 41.4. The van der Waals surface area contributed by atoms with Gasteiger partial charge in [-0.3, -0.25) is 0 Å². The number of rotatable bonds is 17. The Morgan fingerprint density at radius 2 is 0.860 bits per heavy atom. The van der Waals surface area contributed by atoms with Gasteiger partial charge in [-0.05, 0) is 51.1 Å². The van der Waals surface area contributed by atoms with Crippen LogP contribution >= 0.6 is 35.7 Å². The lowest BCUT2D eigenvalue weighted by Crippen LogP contribution is -1.97. The van der Waals surface area contributed by atoms with E-state index in [1.807, 2.05) is 11.8 Å². The Kier molecular flexibility index (Phi) is 15.2. The Hall–Kier alpha value is -2.59. The molecule has 0 radical (unpaired) electrons. The number of unbranched alkanes of at least 4 members (excludes halogenated alkanes) is 9. The highest BCUT2D eigenvalue weighted by atomic mass is 32.2. The predicted octanol–water partition coefficient (Wildman–Crippen LogP) is 12.9. The van der Waals surface area contributed by atoms with Crippen molar-refractivity contribution in [3.05, 3.63) is 143 Å². The van der Waals surface area contributed by atoms with Gasteiger partial charge in [0.25, 0.3) is 0 Å². The third-order valence-electron chi connectivity index (χ3n) is 7.75. The summed E-state index contributed by atoms with van der Waals surface area (Å²) in [6.45, 7) is 2.29. The van der Waals surface area contributed by atoms with Gasteiger partial charge in [0.15, 0.2) is 0 Å². The molecule has 0 N–H and O–H groups in total. The molecule has 0 amide bonds. The van der Waals surface area contributed by atoms with Gasteiger partial charge in [-0.15, -0.1) is 23.5 Å². The largest absolute Gasteiger partial charge is 0.108 e. The summed E-state index contributed by atoms with van der Waals surface area (Å²) >= 11 is 9.38. The maximum atomic E-state index is 5.72. The highest BCUT2D eigenvalue weighted by Gasteiger charge is 2.16. The maximum Gasteiger partial charge on any atom is 0.104 e. The van der Waals surface area contributed by atoms with Crippen molar-refractivity contribution in [2.75, 3.05) is 5.75 Å². The van der Waals surface area contributed by atoms with Crippen molar-refractivity contribution in [1.82, 2.24) is 0 Å². The fraction of sp³-hybridized carbons (Fsp3) is 0.325. The summed E-state index contributed by atoms with van der Waals surface area (Å²) in [5.74, 6) is 2.06. The van der Waals surface area contributed by atoms with Gasteiger partial charge in [-0.1, -0.05) is 192 Å². The summed E-state index contributed by atoms with van der Waals surface area (Å²) in [4.78, 5) is 0. The van der Waals surface area contributed by atoms with Crippen LogP contribution in [0.5, 0.6) is 0 Å². The Bertz CT molecular complexity index is 1320. The van der Waals surface area contributed by atoms with E-state index in [4.69, 9.17) is 12.2 Å². The second-order valence-corrected chi connectivity index (χ2v) is 14.4. The highest BCUT2D eigenvalue weighted by Crippen LogP contribution is 2.37. The molecule has 0 spiro atoms. The minimum Gasteiger partial charge on any atom is -0.108 e. The van der Waals surface area contributed by atoms with Gasteiger partial charge in [0, 0.05) is 5.75 Å². The first-order valence-corrected chi connectivity index (χ1v) is 18.4. The van der Waals surface area contributed by atoms with Crippen LogP contribution in [0.15, 0.2) is 115 Å². The van der Waals surface area contributed by atoms with Crippen molar-refractivity contribution < 1.29 is 0 Å². The molecule has 0 fully saturated rings. The second-order valence-electron chi connectivity index (χ2n) is 11.1. The van der Waals surface area contributed by atoms with Gasteiger partial charge in [0.1, 0.15) is 3.53 Å². The molecule has 0 aliphatic rings. The predicted molar refractivity (Wildman–Crippen MR) is 199 cm³/mol. The average Bonchev–Trinajstić information content (AvgIpc) is 3.06. The third-order valence-corrected chi connectivity index (χ3v) is 10.6. The van der Waals surface area contributed by atoms with Crippen molar-refractivity contribution in [2.45, 2.75) is 76.9 Å². The van der Waals surface area contributed by atoms with Crippen LogP contribution in [0, 0.1) is 0 Å². The van der Waals surface area contributed by atoms with Crippen LogP contribution in [0.4, 0.5) is 0 Å². The van der Waals surface area contributed by atoms with Gasteiger partial charge in [0.05, 0.1) is 0 Å². The second kappa shape index (κ2) is 19.6. The van der Waals surface area contributed by atoms with Crippen LogP contribution in [0.25, 0.3) is 11.1 Å². The molecule has 0 aromatic heterocycles. The zero-order valence-corrected chi connectivity index (χ0v) is 28.1. The number of hydrogen-bond acceptors (Lipinski definition) is 3. The smallest absolute Gasteiger partial charge is 0.104 e. The SMILES string of the molecule is CCCCCCCCCCCCSC(=S)SCc1ccc(C(=C(c2ccccc2)c2ccccc2)c2ccccc2)cc1. The fourth-order valence-corrected chi connectivity index (χ4v) is 7.60. The summed E-state index contributed by atoms with van der Waals surface area (Å²) < 4.78 is 1.07. The molecule has 43 heavy (non-hydrogen) atoms. The fourth-order valence-electron chi connectivity index (χ4n) is 5.42. The topological polar surface area (TPSA) is 0 Å². The normalized spacial score (nSPS) is 10.9. The lowest BCUT2D eigenvalue weighted by atomic mass is 9.85. The molecule has 0 saturated heterocycles. The zero-order chi connectivity index (χ0) is 30.0. The van der Waals surface area contributed by atoms with Crippen LogP contribution in [0.3, 0.4) is 0 Å². The minimum atomic E-state index is 0.915. The first-order chi connectivity index (χ1) is 21.3. The molecule has 0 saturated carbocycles. The monoisotopic (exact) mass is 622 g/mol. The number of thiocarbonyl (C=S) groups is 1. The van der Waals surface area contributed by atoms with Crippen LogP contribution in [0.1, 0.15) is 98.9 Å². The molecule has 0 aliphatic heterocycles. The molecule has 4 aromatic rings. The highest BCUT2D eigenvalue weighted by molar-refractivity contribution is 8.46. The first kappa shape index (κ1) is 33.3.